The van der Waals surface area contributed by atoms with E-state index < -0.39 is 0 Å². The summed E-state index contributed by atoms with van der Waals surface area (Å²) in [6.07, 6.45) is 21.1. The molecule has 2 nitrogen and oxygen atoms in total. The first-order valence-corrected chi connectivity index (χ1v) is 13.4. The van der Waals surface area contributed by atoms with Gasteiger partial charge in [-0.05, 0) is 62.2 Å². The van der Waals surface area contributed by atoms with Crippen molar-refractivity contribution in [1.29, 1.82) is 0 Å². The molecule has 0 bridgehead atoms. The summed E-state index contributed by atoms with van der Waals surface area (Å²) < 4.78 is 0. The molecule has 2 aliphatic rings. The first kappa shape index (κ1) is 24.7. The highest BCUT2D eigenvalue weighted by Crippen LogP contribution is 2.55. The molecule has 2 rings (SSSR count). The summed E-state index contributed by atoms with van der Waals surface area (Å²) >= 11 is 0. The Hall–Kier alpha value is -0.530. The Morgan fingerprint density at radius 3 is 1.90 bits per heavy atom. The Morgan fingerprint density at radius 2 is 1.38 bits per heavy atom. The molecule has 1 heterocycles. The number of carbonyl (C=O) groups excluding carboxylic acids is 1. The van der Waals surface area contributed by atoms with Crippen molar-refractivity contribution in [2.24, 2.45) is 23.2 Å². The zero-order valence-corrected chi connectivity index (χ0v) is 20.3. The van der Waals surface area contributed by atoms with E-state index in [0.717, 1.165) is 44.2 Å². The van der Waals surface area contributed by atoms with E-state index in [1.54, 1.807) is 0 Å². The second kappa shape index (κ2) is 13.0. The predicted molar refractivity (Wildman–Crippen MR) is 126 cm³/mol. The standard InChI is InChI=1S/C27H51NO/c1-5-9-13-23(14-10-6-2)20-24-21-27(22-24)16-18-28(19-17-27)26(29)25(12-8-4)15-11-7-3/h23-25H,5-22H2,1-4H3. The molecule has 1 amide bonds. The van der Waals surface area contributed by atoms with E-state index in [9.17, 15) is 4.79 Å². The molecule has 1 spiro atoms. The molecule has 2 heteroatoms. The van der Waals surface area contributed by atoms with Gasteiger partial charge in [0.1, 0.15) is 0 Å². The minimum Gasteiger partial charge on any atom is -0.342 e. The van der Waals surface area contributed by atoms with Gasteiger partial charge in [-0.1, -0.05) is 85.5 Å². The summed E-state index contributed by atoms with van der Waals surface area (Å²) in [5.74, 6) is 2.73. The number of piperidine rings is 1. The normalized spacial score (nSPS) is 20.2. The molecule has 0 radical (unpaired) electrons. The van der Waals surface area contributed by atoms with Gasteiger partial charge >= 0.3 is 0 Å². The van der Waals surface area contributed by atoms with Crippen molar-refractivity contribution in [2.75, 3.05) is 13.1 Å². The van der Waals surface area contributed by atoms with Gasteiger partial charge in [-0.3, -0.25) is 4.79 Å². The number of nitrogens with zero attached hydrogens (tertiary/aromatic N) is 1. The van der Waals surface area contributed by atoms with Gasteiger partial charge in [-0.15, -0.1) is 0 Å². The fourth-order valence-corrected chi connectivity index (χ4v) is 6.23. The third-order valence-electron chi connectivity index (χ3n) is 8.07. The molecule has 1 aliphatic heterocycles. The number of hydrogen-bond donors (Lipinski definition) is 0. The smallest absolute Gasteiger partial charge is 0.225 e. The largest absolute Gasteiger partial charge is 0.342 e. The number of likely N-dealkylation sites (tertiary alicyclic amines) is 1. The molecular formula is C27H51NO. The molecule has 1 unspecified atom stereocenters. The van der Waals surface area contributed by atoms with E-state index in [4.69, 9.17) is 0 Å². The summed E-state index contributed by atoms with van der Waals surface area (Å²) in [6, 6.07) is 0. The Labute approximate surface area is 182 Å². The van der Waals surface area contributed by atoms with Crippen LogP contribution in [0.25, 0.3) is 0 Å². The molecule has 0 aromatic rings. The number of rotatable bonds is 14. The minimum atomic E-state index is 0.293. The van der Waals surface area contributed by atoms with E-state index in [1.807, 2.05) is 0 Å². The summed E-state index contributed by atoms with van der Waals surface area (Å²) in [6.45, 7) is 11.2. The third kappa shape index (κ3) is 7.59. The molecule has 2 fully saturated rings. The summed E-state index contributed by atoms with van der Waals surface area (Å²) in [7, 11) is 0. The van der Waals surface area contributed by atoms with Crippen LogP contribution in [0.5, 0.6) is 0 Å². The Balaban J connectivity index is 1.75. The maximum atomic E-state index is 13.0. The lowest BCUT2D eigenvalue weighted by Gasteiger charge is -2.53. The Bertz CT molecular complexity index is 435. The van der Waals surface area contributed by atoms with Crippen LogP contribution in [0.15, 0.2) is 0 Å². The Morgan fingerprint density at radius 1 is 0.828 bits per heavy atom. The van der Waals surface area contributed by atoms with E-state index >= 15 is 0 Å². The van der Waals surface area contributed by atoms with Crippen LogP contribution in [0.2, 0.25) is 0 Å². The maximum absolute atomic E-state index is 13.0. The Kier molecular flexibility index (Phi) is 11.1. The lowest BCUT2D eigenvalue weighted by atomic mass is 9.55. The number of carbonyl (C=O) groups is 1. The van der Waals surface area contributed by atoms with Crippen LogP contribution >= 0.6 is 0 Å². The van der Waals surface area contributed by atoms with Crippen LogP contribution in [0.1, 0.15) is 130 Å². The van der Waals surface area contributed by atoms with E-state index in [1.165, 1.54) is 83.5 Å². The SMILES string of the molecule is CCCCC(CCCC)CC1CC2(CCN(C(=O)C(CCC)CCCC)CC2)C1. The molecular weight excluding hydrogens is 354 g/mol. The second-order valence-corrected chi connectivity index (χ2v) is 10.6. The fourth-order valence-electron chi connectivity index (χ4n) is 6.23. The first-order valence-electron chi connectivity index (χ1n) is 13.4. The van der Waals surface area contributed by atoms with Gasteiger partial charge in [0.2, 0.25) is 5.91 Å². The molecule has 0 aromatic carbocycles. The van der Waals surface area contributed by atoms with E-state index in [-0.39, 0.29) is 0 Å². The van der Waals surface area contributed by atoms with Gasteiger partial charge in [0.25, 0.3) is 0 Å². The summed E-state index contributed by atoms with van der Waals surface area (Å²) in [4.78, 5) is 15.3. The summed E-state index contributed by atoms with van der Waals surface area (Å²) in [5, 5.41) is 0. The quantitative estimate of drug-likeness (QED) is 0.287. The maximum Gasteiger partial charge on any atom is 0.225 e. The van der Waals surface area contributed by atoms with Crippen molar-refractivity contribution < 1.29 is 4.79 Å². The van der Waals surface area contributed by atoms with Crippen molar-refractivity contribution in [3.63, 3.8) is 0 Å². The van der Waals surface area contributed by atoms with E-state index in [2.05, 4.69) is 32.6 Å². The number of unbranched alkanes of at least 4 members (excludes halogenated alkanes) is 3. The minimum absolute atomic E-state index is 0.293. The average Bonchev–Trinajstić information content (AvgIpc) is 2.71. The van der Waals surface area contributed by atoms with Crippen LogP contribution in [0.3, 0.4) is 0 Å². The molecule has 1 aliphatic carbocycles. The lowest BCUT2D eigenvalue weighted by molar-refractivity contribution is -0.140. The molecule has 170 valence electrons. The van der Waals surface area contributed by atoms with E-state index in [0.29, 0.717) is 17.2 Å². The molecule has 1 saturated heterocycles. The van der Waals surface area contributed by atoms with Crippen molar-refractivity contribution >= 4 is 5.91 Å². The molecule has 1 saturated carbocycles. The molecule has 29 heavy (non-hydrogen) atoms. The topological polar surface area (TPSA) is 20.3 Å². The van der Waals surface area contributed by atoms with Crippen molar-refractivity contribution in [2.45, 2.75) is 130 Å². The fraction of sp³-hybridized carbons (Fsp3) is 0.963. The van der Waals surface area contributed by atoms with Crippen molar-refractivity contribution in [3.05, 3.63) is 0 Å². The molecule has 0 aromatic heterocycles. The van der Waals surface area contributed by atoms with Crippen molar-refractivity contribution in [1.82, 2.24) is 4.90 Å². The predicted octanol–water partition coefficient (Wildman–Crippen LogP) is 8.00. The zero-order chi connectivity index (χ0) is 21.1. The highest BCUT2D eigenvalue weighted by Gasteiger charge is 2.46. The van der Waals surface area contributed by atoms with Gasteiger partial charge in [0, 0.05) is 19.0 Å². The van der Waals surface area contributed by atoms with Gasteiger partial charge in [0.15, 0.2) is 0 Å². The number of amides is 1. The van der Waals surface area contributed by atoms with Crippen LogP contribution in [0.4, 0.5) is 0 Å². The van der Waals surface area contributed by atoms with Gasteiger partial charge in [0.05, 0.1) is 0 Å². The third-order valence-corrected chi connectivity index (χ3v) is 8.07. The lowest BCUT2D eigenvalue weighted by Crippen LogP contribution is -2.50. The molecule has 0 N–H and O–H groups in total. The average molecular weight is 406 g/mol. The monoisotopic (exact) mass is 405 g/mol. The second-order valence-electron chi connectivity index (χ2n) is 10.6. The van der Waals surface area contributed by atoms with Crippen molar-refractivity contribution in [3.8, 4) is 0 Å². The molecule has 1 atom stereocenters. The zero-order valence-electron chi connectivity index (χ0n) is 20.3. The highest BCUT2D eigenvalue weighted by atomic mass is 16.2. The van der Waals surface area contributed by atoms with Gasteiger partial charge < -0.3 is 4.90 Å². The summed E-state index contributed by atoms with van der Waals surface area (Å²) in [5.41, 5.74) is 0.602. The van der Waals surface area contributed by atoms with Crippen LogP contribution in [-0.4, -0.2) is 23.9 Å². The first-order chi connectivity index (χ1) is 14.1. The number of hydrogen-bond acceptors (Lipinski definition) is 1. The van der Waals surface area contributed by atoms with Gasteiger partial charge in [-0.25, -0.2) is 0 Å². The highest BCUT2D eigenvalue weighted by molar-refractivity contribution is 5.78. The van der Waals surface area contributed by atoms with Gasteiger partial charge in [-0.2, -0.15) is 0 Å². The van der Waals surface area contributed by atoms with Crippen LogP contribution < -0.4 is 0 Å². The van der Waals surface area contributed by atoms with Crippen LogP contribution in [-0.2, 0) is 4.79 Å². The van der Waals surface area contributed by atoms with Crippen LogP contribution in [0, 0.1) is 23.2 Å².